The molecule has 1 aromatic carbocycles. The molecule has 0 unspecified atom stereocenters. The Bertz CT molecular complexity index is 1140. The Labute approximate surface area is 157 Å². The molecule has 0 saturated heterocycles. The Morgan fingerprint density at radius 2 is 1.85 bits per heavy atom. The van der Waals surface area contributed by atoms with E-state index in [1.54, 1.807) is 55.5 Å². The summed E-state index contributed by atoms with van der Waals surface area (Å²) in [5.41, 5.74) is 7.49. The van der Waals surface area contributed by atoms with Gasteiger partial charge in [0, 0.05) is 38.0 Å². The van der Waals surface area contributed by atoms with Gasteiger partial charge in [-0.2, -0.15) is 0 Å². The molecule has 0 spiro atoms. The molecule has 0 aliphatic heterocycles. The second-order valence-electron chi connectivity index (χ2n) is 6.40. The van der Waals surface area contributed by atoms with Crippen molar-refractivity contribution >= 4 is 32.5 Å². The molecule has 27 heavy (non-hydrogen) atoms. The molecule has 140 valence electrons. The normalized spacial score (nSPS) is 12.0. The first-order valence-corrected chi connectivity index (χ1v) is 9.62. The molecule has 0 saturated carbocycles. The van der Waals surface area contributed by atoms with Gasteiger partial charge in [-0.05, 0) is 25.1 Å². The summed E-state index contributed by atoms with van der Waals surface area (Å²) >= 11 is 0. The number of nitrogens with zero attached hydrogens (tertiary/aromatic N) is 3. The van der Waals surface area contributed by atoms with Crippen LogP contribution in [0, 0.1) is 6.92 Å². The maximum absolute atomic E-state index is 13.0. The third-order valence-electron chi connectivity index (χ3n) is 4.06. The molecule has 7 nitrogen and oxygen atoms in total. The van der Waals surface area contributed by atoms with Crippen LogP contribution in [0.2, 0.25) is 0 Å². The second-order valence-corrected chi connectivity index (χ2v) is 8.21. The molecule has 2 aromatic heterocycles. The molecule has 0 aliphatic carbocycles. The Kier molecular flexibility index (Phi) is 4.75. The number of carbonyl (C=O) groups excluding carboxylic acids is 1. The van der Waals surface area contributed by atoms with Crippen molar-refractivity contribution in [1.82, 2.24) is 13.9 Å². The fourth-order valence-electron chi connectivity index (χ4n) is 2.67. The van der Waals surface area contributed by atoms with Gasteiger partial charge in [-0.1, -0.05) is 17.7 Å². The number of aromatic nitrogens is 2. The number of aryl methyl sites for hydroxylation is 1. The smallest absolute Gasteiger partial charge is 0.269 e. The SMILES string of the molecule is Cc1ccc(S(=O)(=O)n2ccc3c(C(=O)C=CN(C)C)c(N)cnc32)cc1. The van der Waals surface area contributed by atoms with E-state index < -0.39 is 10.0 Å². The van der Waals surface area contributed by atoms with Crippen molar-refractivity contribution < 1.29 is 13.2 Å². The summed E-state index contributed by atoms with van der Waals surface area (Å²) in [6.07, 6.45) is 5.68. The first-order chi connectivity index (χ1) is 12.7. The van der Waals surface area contributed by atoms with E-state index in [4.69, 9.17) is 5.73 Å². The van der Waals surface area contributed by atoms with E-state index in [0.29, 0.717) is 5.39 Å². The monoisotopic (exact) mass is 384 g/mol. The third kappa shape index (κ3) is 3.43. The van der Waals surface area contributed by atoms with Gasteiger partial charge in [-0.3, -0.25) is 4.79 Å². The van der Waals surface area contributed by atoms with Gasteiger partial charge < -0.3 is 10.6 Å². The van der Waals surface area contributed by atoms with E-state index in [2.05, 4.69) is 4.98 Å². The topological polar surface area (TPSA) is 98.3 Å². The zero-order chi connectivity index (χ0) is 19.8. The largest absolute Gasteiger partial charge is 0.397 e. The van der Waals surface area contributed by atoms with Crippen molar-refractivity contribution in [3.63, 3.8) is 0 Å². The van der Waals surface area contributed by atoms with Gasteiger partial charge in [0.05, 0.1) is 22.3 Å². The molecule has 2 N–H and O–H groups in total. The minimum atomic E-state index is -3.84. The van der Waals surface area contributed by atoms with Gasteiger partial charge in [0.2, 0.25) is 0 Å². The summed E-state index contributed by atoms with van der Waals surface area (Å²) in [4.78, 5) is 18.6. The van der Waals surface area contributed by atoms with Crippen LogP contribution in [0.5, 0.6) is 0 Å². The van der Waals surface area contributed by atoms with Crippen LogP contribution in [0.3, 0.4) is 0 Å². The third-order valence-corrected chi connectivity index (χ3v) is 5.74. The number of fused-ring (bicyclic) bond motifs is 1. The van der Waals surface area contributed by atoms with Crippen molar-refractivity contribution in [2.75, 3.05) is 19.8 Å². The van der Waals surface area contributed by atoms with Crippen LogP contribution < -0.4 is 5.73 Å². The van der Waals surface area contributed by atoms with Crippen LogP contribution in [0.4, 0.5) is 5.69 Å². The van der Waals surface area contributed by atoms with Crippen LogP contribution in [0.15, 0.2) is 59.9 Å². The average molecular weight is 384 g/mol. The average Bonchev–Trinajstić information content (AvgIpc) is 3.04. The fourth-order valence-corrected chi connectivity index (χ4v) is 3.97. The number of pyridine rings is 1. The Morgan fingerprint density at radius 3 is 2.48 bits per heavy atom. The number of nitrogens with two attached hydrogens (primary N) is 1. The van der Waals surface area contributed by atoms with Crippen LogP contribution in [0.1, 0.15) is 15.9 Å². The lowest BCUT2D eigenvalue weighted by Crippen LogP contribution is -2.13. The minimum absolute atomic E-state index is 0.143. The number of rotatable bonds is 5. The van der Waals surface area contributed by atoms with Crippen molar-refractivity contribution in [3.8, 4) is 0 Å². The summed E-state index contributed by atoms with van der Waals surface area (Å²) in [6.45, 7) is 1.88. The van der Waals surface area contributed by atoms with E-state index in [0.717, 1.165) is 9.54 Å². The standard InChI is InChI=1S/C19H20N4O3S/c1-13-4-6-14(7-5-13)27(25,26)23-11-8-15-18(16(20)12-21-19(15)23)17(24)9-10-22(2)3/h4-12H,20H2,1-3H3. The molecule has 3 rings (SSSR count). The van der Waals surface area contributed by atoms with Gasteiger partial charge in [-0.15, -0.1) is 0 Å². The Morgan fingerprint density at radius 1 is 1.19 bits per heavy atom. The van der Waals surface area contributed by atoms with E-state index in [1.165, 1.54) is 18.5 Å². The number of ketones is 1. The summed E-state index contributed by atoms with van der Waals surface area (Å²) in [6, 6.07) is 8.08. The molecule has 8 heteroatoms. The Balaban J connectivity index is 2.17. The zero-order valence-corrected chi connectivity index (χ0v) is 16.1. The predicted molar refractivity (Wildman–Crippen MR) is 105 cm³/mol. The predicted octanol–water partition coefficient (Wildman–Crippen LogP) is 2.42. The maximum atomic E-state index is 13.0. The summed E-state index contributed by atoms with van der Waals surface area (Å²) < 4.78 is 27.0. The van der Waals surface area contributed by atoms with Gasteiger partial charge >= 0.3 is 0 Å². The second kappa shape index (κ2) is 6.88. The molecule has 0 fully saturated rings. The summed E-state index contributed by atoms with van der Waals surface area (Å²) in [5, 5.41) is 0.388. The van der Waals surface area contributed by atoms with Gasteiger partial charge in [0.15, 0.2) is 11.4 Å². The number of benzene rings is 1. The molecule has 3 aromatic rings. The molecule has 0 aliphatic rings. The lowest BCUT2D eigenvalue weighted by atomic mass is 10.1. The maximum Gasteiger partial charge on any atom is 0.269 e. The van der Waals surface area contributed by atoms with Crippen molar-refractivity contribution in [2.45, 2.75) is 11.8 Å². The van der Waals surface area contributed by atoms with Crippen LogP contribution in [-0.2, 0) is 10.0 Å². The number of nitrogen functional groups attached to an aromatic ring is 1. The van der Waals surface area contributed by atoms with E-state index in [9.17, 15) is 13.2 Å². The number of allylic oxidation sites excluding steroid dienone is 1. The lowest BCUT2D eigenvalue weighted by Gasteiger charge is -2.09. The van der Waals surface area contributed by atoms with E-state index in [1.807, 2.05) is 6.92 Å². The van der Waals surface area contributed by atoms with Crippen molar-refractivity contribution in [2.24, 2.45) is 0 Å². The quantitative estimate of drug-likeness (QED) is 0.536. The minimum Gasteiger partial charge on any atom is -0.397 e. The highest BCUT2D eigenvalue weighted by Crippen LogP contribution is 2.27. The summed E-state index contributed by atoms with van der Waals surface area (Å²) in [5.74, 6) is -0.320. The van der Waals surface area contributed by atoms with Gasteiger partial charge in [0.25, 0.3) is 10.0 Å². The van der Waals surface area contributed by atoms with Crippen LogP contribution >= 0.6 is 0 Å². The van der Waals surface area contributed by atoms with Crippen molar-refractivity contribution in [3.05, 3.63) is 66.1 Å². The van der Waals surface area contributed by atoms with Crippen LogP contribution in [0.25, 0.3) is 11.0 Å². The molecular formula is C19H20N4O3S. The highest BCUT2D eigenvalue weighted by molar-refractivity contribution is 7.90. The molecule has 2 heterocycles. The highest BCUT2D eigenvalue weighted by atomic mass is 32.2. The molecular weight excluding hydrogens is 364 g/mol. The number of hydrogen-bond donors (Lipinski definition) is 1. The molecule has 0 atom stereocenters. The molecule has 0 amide bonds. The number of carbonyl (C=O) groups is 1. The first-order valence-electron chi connectivity index (χ1n) is 8.18. The fraction of sp³-hybridized carbons (Fsp3) is 0.158. The van der Waals surface area contributed by atoms with Crippen LogP contribution in [-0.4, -0.2) is 42.2 Å². The molecule has 0 radical (unpaired) electrons. The highest BCUT2D eigenvalue weighted by Gasteiger charge is 2.22. The lowest BCUT2D eigenvalue weighted by molar-refractivity contribution is 0.104. The summed E-state index contributed by atoms with van der Waals surface area (Å²) in [7, 11) is -0.261. The van der Waals surface area contributed by atoms with Gasteiger partial charge in [0.1, 0.15) is 0 Å². The molecule has 0 bridgehead atoms. The van der Waals surface area contributed by atoms with E-state index >= 15 is 0 Å². The zero-order valence-electron chi connectivity index (χ0n) is 15.2. The van der Waals surface area contributed by atoms with Crippen molar-refractivity contribution in [1.29, 1.82) is 0 Å². The Hall–Kier alpha value is -3.13. The van der Waals surface area contributed by atoms with Gasteiger partial charge in [-0.25, -0.2) is 17.4 Å². The van der Waals surface area contributed by atoms with E-state index in [-0.39, 0.29) is 27.6 Å². The number of anilines is 1. The first kappa shape index (κ1) is 18.7. The number of hydrogen-bond acceptors (Lipinski definition) is 6.